The third-order valence-electron chi connectivity index (χ3n) is 20.9. The number of rotatable bonds is 13. The molecule has 8 aliphatic rings. The van der Waals surface area contributed by atoms with Crippen LogP contribution in [0.2, 0.25) is 0 Å². The molecule has 21 heteroatoms. The smallest absolute Gasteiger partial charge is 0.264 e. The Morgan fingerprint density at radius 2 is 1.46 bits per heavy atom. The minimum Gasteiger partial charge on any atom is -0.371 e. The maximum atomic E-state index is 16.0. The molecule has 1 spiro atoms. The number of carbonyl (C=O) groups is 8. The Bertz CT molecular complexity index is 3710. The van der Waals surface area contributed by atoms with Crippen LogP contribution in [-0.2, 0) is 29.4 Å². The van der Waals surface area contributed by atoms with E-state index in [-0.39, 0.29) is 89.3 Å². The lowest BCUT2D eigenvalue weighted by molar-refractivity contribution is -0.144. The van der Waals surface area contributed by atoms with Crippen molar-refractivity contribution >= 4 is 81.2 Å². The van der Waals surface area contributed by atoms with Crippen LogP contribution in [-0.4, -0.2) is 158 Å². The summed E-state index contributed by atoms with van der Waals surface area (Å²) in [5.41, 5.74) is 5.79. The number of aryl methyl sites for hydroxylation is 1. The lowest BCUT2D eigenvalue weighted by Crippen LogP contribution is -2.58. The van der Waals surface area contributed by atoms with Crippen molar-refractivity contribution in [1.82, 2.24) is 44.8 Å². The van der Waals surface area contributed by atoms with Gasteiger partial charge in [-0.1, -0.05) is 24.6 Å². The first-order chi connectivity index (χ1) is 42.8. The van der Waals surface area contributed by atoms with Crippen LogP contribution in [0.5, 0.6) is 0 Å². The number of carbonyl (C=O) groups excluding carboxylic acids is 8. The molecule has 3 aromatic carbocycles. The van der Waals surface area contributed by atoms with Gasteiger partial charge in [0.2, 0.25) is 29.5 Å². The van der Waals surface area contributed by atoms with Gasteiger partial charge in [0.05, 0.1) is 45.5 Å². The normalized spacial score (nSPS) is 24.0. The number of hydrogen-bond acceptors (Lipinski definition) is 13. The van der Waals surface area contributed by atoms with E-state index in [1.54, 1.807) is 25.4 Å². The van der Waals surface area contributed by atoms with E-state index in [0.717, 1.165) is 47.6 Å². The highest BCUT2D eigenvalue weighted by atomic mass is 19.1. The zero-order valence-electron chi connectivity index (χ0n) is 51.9. The number of pyridine rings is 1. The van der Waals surface area contributed by atoms with E-state index in [0.29, 0.717) is 123 Å². The van der Waals surface area contributed by atoms with Gasteiger partial charge in [0.25, 0.3) is 17.7 Å². The SMILES string of the molecule is Cc1cc(F)c(Nc2nc(-c3ccc4c(c3)N([C@H]3C[C@@H](N5CCCCC5)C3)C(=O)C43CCN(C(=O)C4CCN(C(=O)[C@H]5CC[C@H](N(C)c6cccc7c6C(=O)N(C6CCC(=O)NC6=O)C7=O)CC5)CC4)CC3)cc3ncn(C(C)C)c23)cc1C(=O)NC(C)C. The average molecular weight is 1210 g/mol. The number of benzene rings is 3. The minimum absolute atomic E-state index is 0.00117. The fourth-order valence-electron chi connectivity index (χ4n) is 15.8. The largest absolute Gasteiger partial charge is 0.371 e. The molecule has 2 saturated carbocycles. The first-order valence-corrected chi connectivity index (χ1v) is 32.4. The molecule has 2 aromatic heterocycles. The summed E-state index contributed by atoms with van der Waals surface area (Å²) in [6.45, 7) is 13.6. The van der Waals surface area contributed by atoms with Crippen LogP contribution in [0.15, 0.2) is 60.9 Å². The summed E-state index contributed by atoms with van der Waals surface area (Å²) >= 11 is 0. The van der Waals surface area contributed by atoms with E-state index in [1.165, 1.54) is 31.4 Å². The van der Waals surface area contributed by atoms with E-state index < -0.39 is 40.9 Å². The second kappa shape index (κ2) is 23.7. The molecule has 13 rings (SSSR count). The number of imidazole rings is 1. The molecule has 3 N–H and O–H groups in total. The number of aromatic nitrogens is 3. The lowest BCUT2D eigenvalue weighted by atomic mass is 9.73. The van der Waals surface area contributed by atoms with Gasteiger partial charge in [-0.25, -0.2) is 14.4 Å². The summed E-state index contributed by atoms with van der Waals surface area (Å²) in [6.07, 6.45) is 12.1. The van der Waals surface area contributed by atoms with E-state index in [2.05, 4.69) is 37.9 Å². The number of amides is 8. The molecule has 1 atom stereocenters. The Balaban J connectivity index is 0.679. The van der Waals surface area contributed by atoms with Crippen LogP contribution in [0.1, 0.15) is 172 Å². The zero-order valence-corrected chi connectivity index (χ0v) is 51.9. The molecule has 0 radical (unpaired) electrons. The maximum Gasteiger partial charge on any atom is 0.264 e. The first kappa shape index (κ1) is 59.9. The Morgan fingerprint density at radius 3 is 2.15 bits per heavy atom. The van der Waals surface area contributed by atoms with Crippen LogP contribution in [0.3, 0.4) is 0 Å². The summed E-state index contributed by atoms with van der Waals surface area (Å²) < 4.78 is 18.0. The van der Waals surface area contributed by atoms with Crippen molar-refractivity contribution in [2.24, 2.45) is 11.8 Å². The molecule has 6 fully saturated rings. The predicted octanol–water partition coefficient (Wildman–Crippen LogP) is 8.57. The van der Waals surface area contributed by atoms with Gasteiger partial charge in [-0.3, -0.25) is 48.6 Å². The maximum absolute atomic E-state index is 16.0. The van der Waals surface area contributed by atoms with Crippen LogP contribution in [0.25, 0.3) is 22.3 Å². The summed E-state index contributed by atoms with van der Waals surface area (Å²) in [7, 11) is 1.90. The molecule has 8 amide bonds. The number of anilines is 4. The highest BCUT2D eigenvalue weighted by Gasteiger charge is 2.56. The van der Waals surface area contributed by atoms with Gasteiger partial charge in [-0.2, -0.15) is 0 Å². The van der Waals surface area contributed by atoms with Gasteiger partial charge in [0.15, 0.2) is 5.82 Å². The number of halogens is 1. The fraction of sp³-hybridized carbons (Fsp3) is 0.529. The third-order valence-corrected chi connectivity index (χ3v) is 20.9. The molecule has 8 heterocycles. The molecule has 20 nitrogen and oxygen atoms in total. The molecule has 2 aliphatic carbocycles. The van der Waals surface area contributed by atoms with Crippen molar-refractivity contribution in [3.8, 4) is 11.3 Å². The van der Waals surface area contributed by atoms with E-state index in [1.807, 2.05) is 72.2 Å². The Hall–Kier alpha value is -8.07. The van der Waals surface area contributed by atoms with E-state index >= 15 is 9.18 Å². The van der Waals surface area contributed by atoms with Crippen molar-refractivity contribution in [3.05, 3.63) is 94.6 Å². The topological polar surface area (TPSA) is 223 Å². The second-order valence-electron chi connectivity index (χ2n) is 26.9. The number of hydrogen-bond donors (Lipinski definition) is 3. The molecule has 6 aliphatic heterocycles. The van der Waals surface area contributed by atoms with Crippen molar-refractivity contribution in [2.75, 3.05) is 61.4 Å². The van der Waals surface area contributed by atoms with E-state index in [9.17, 15) is 33.6 Å². The molecule has 468 valence electrons. The Labute approximate surface area is 518 Å². The van der Waals surface area contributed by atoms with Crippen molar-refractivity contribution in [3.63, 3.8) is 0 Å². The van der Waals surface area contributed by atoms with Gasteiger partial charge in [0, 0.05) is 98.5 Å². The van der Waals surface area contributed by atoms with Crippen molar-refractivity contribution in [1.29, 1.82) is 0 Å². The van der Waals surface area contributed by atoms with Crippen molar-refractivity contribution in [2.45, 2.75) is 173 Å². The molecule has 1 unspecified atom stereocenters. The Kier molecular flexibility index (Phi) is 15.9. The van der Waals surface area contributed by atoms with Gasteiger partial charge >= 0.3 is 0 Å². The number of nitrogens with zero attached hydrogens (tertiary/aromatic N) is 9. The fourth-order valence-corrected chi connectivity index (χ4v) is 15.8. The summed E-state index contributed by atoms with van der Waals surface area (Å²) in [4.78, 5) is 131. The molecule has 89 heavy (non-hydrogen) atoms. The molecule has 5 aromatic rings. The van der Waals surface area contributed by atoms with Gasteiger partial charge in [0.1, 0.15) is 17.4 Å². The highest BCUT2D eigenvalue weighted by molar-refractivity contribution is 6.25. The summed E-state index contributed by atoms with van der Waals surface area (Å²) in [5.74, 6) is -2.75. The van der Waals surface area contributed by atoms with Gasteiger partial charge < -0.3 is 39.7 Å². The number of nitrogens with one attached hydrogen (secondary N) is 3. The lowest BCUT2D eigenvalue weighted by Gasteiger charge is -2.48. The van der Waals surface area contributed by atoms with Crippen LogP contribution in [0.4, 0.5) is 27.3 Å². The number of likely N-dealkylation sites (tertiary alicyclic amines) is 3. The highest BCUT2D eigenvalue weighted by Crippen LogP contribution is 2.53. The second-order valence-corrected chi connectivity index (χ2v) is 26.9. The predicted molar refractivity (Wildman–Crippen MR) is 334 cm³/mol. The monoisotopic (exact) mass is 1210 g/mol. The Morgan fingerprint density at radius 1 is 0.764 bits per heavy atom. The number of imide groups is 2. The minimum atomic E-state index is -1.05. The standard InChI is InChI=1S/C68H81FN12O8/c1-38(2)71-61(83)48-35-52(50(69)31-40(48)5)73-60-59-53(70-37-79(59)39(3)4)36-51(72-60)43-15-18-49-56(32-43)80(46-33-45(34-46)76-25-8-7-9-26-76)67(89)68(49)23-29-78(30-24-68)64(86)42-21-27-77(28-22-42)63(85)41-13-16-44(17-14-41)75(6)54-12-10-11-47-58(54)66(88)81(65(47)87)55-19-20-57(82)74-62(55)84/h10-12,15,18,31-32,35-39,41-42,44-46,55H,7-9,13-14,16-17,19-30,33-34H2,1-6H3,(H,71,83)(H,72,73)(H,74,82,84)/t41-,44-,45-,46+,55?. The van der Waals surface area contributed by atoms with Crippen LogP contribution in [0, 0.1) is 24.6 Å². The first-order valence-electron chi connectivity index (χ1n) is 32.4. The quantitative estimate of drug-likeness (QED) is 0.0942. The van der Waals surface area contributed by atoms with Crippen LogP contribution < -0.4 is 25.8 Å². The number of fused-ring (bicyclic) bond motifs is 4. The summed E-state index contributed by atoms with van der Waals surface area (Å²) in [5, 5.41) is 8.46. The van der Waals surface area contributed by atoms with Crippen molar-refractivity contribution < 1.29 is 42.7 Å². The van der Waals surface area contributed by atoms with Gasteiger partial charge in [-0.05, 0) is 179 Å². The molecular formula is C68H81FN12O8. The third kappa shape index (κ3) is 10.7. The molecule has 4 saturated heterocycles. The number of piperidine rings is 4. The van der Waals surface area contributed by atoms with Crippen LogP contribution >= 0.6 is 0 Å². The van der Waals surface area contributed by atoms with E-state index in [4.69, 9.17) is 9.97 Å². The average Bonchev–Trinajstić information content (AvgIpc) is 1.63. The summed E-state index contributed by atoms with van der Waals surface area (Å²) in [6, 6.07) is 15.5. The molecular weight excluding hydrogens is 1130 g/mol. The van der Waals surface area contributed by atoms with Gasteiger partial charge in [-0.15, -0.1) is 0 Å². The molecule has 0 bridgehead atoms. The zero-order chi connectivity index (χ0) is 62.3.